The van der Waals surface area contributed by atoms with E-state index in [1.54, 1.807) is 6.92 Å². The Hall–Kier alpha value is -2.91. The van der Waals surface area contributed by atoms with Crippen molar-refractivity contribution in [2.24, 2.45) is 0 Å². The maximum absolute atomic E-state index is 13.6. The molecule has 1 amide bonds. The van der Waals surface area contributed by atoms with Gasteiger partial charge in [-0.05, 0) is 48.9 Å². The minimum atomic E-state index is -4.11. The molecule has 0 bridgehead atoms. The number of carbonyl (C=O) groups is 1. The summed E-state index contributed by atoms with van der Waals surface area (Å²) in [5.41, 5.74) is 0.670. The molecule has 0 saturated heterocycles. The van der Waals surface area contributed by atoms with Crippen LogP contribution in [0.3, 0.4) is 0 Å². The number of benzene rings is 2. The maximum Gasteiger partial charge on any atom is 0.279 e. The van der Waals surface area contributed by atoms with E-state index in [1.165, 1.54) is 36.4 Å². The predicted octanol–water partition coefficient (Wildman–Crippen LogP) is 3.56. The summed E-state index contributed by atoms with van der Waals surface area (Å²) in [7, 11) is -4.11. The summed E-state index contributed by atoms with van der Waals surface area (Å²) in [4.78, 5) is 12.4. The standard InChI is InChI=1S/C17H14ClFN4O3S/c1-10-2-5-13(8-15(10)19)21-16(24)14-9-20-22-17(14)27(25,26)23-12-6-3-11(18)4-7-12/h2-9,23H,1H3,(H,20,22)(H,21,24). The molecule has 0 aliphatic carbocycles. The highest BCUT2D eigenvalue weighted by molar-refractivity contribution is 7.92. The van der Waals surface area contributed by atoms with Gasteiger partial charge in [-0.3, -0.25) is 14.6 Å². The molecule has 0 atom stereocenters. The first-order valence-electron chi connectivity index (χ1n) is 7.65. The third-order valence-corrected chi connectivity index (χ3v) is 5.25. The number of hydrogen-bond donors (Lipinski definition) is 3. The first-order chi connectivity index (χ1) is 12.8. The molecule has 0 saturated carbocycles. The molecule has 27 heavy (non-hydrogen) atoms. The van der Waals surface area contributed by atoms with Gasteiger partial charge in [0.2, 0.25) is 0 Å². The zero-order chi connectivity index (χ0) is 19.6. The Morgan fingerprint density at radius 3 is 2.48 bits per heavy atom. The molecule has 140 valence electrons. The summed E-state index contributed by atoms with van der Waals surface area (Å²) >= 11 is 5.77. The number of nitrogens with one attached hydrogen (secondary N) is 3. The second kappa shape index (κ2) is 7.37. The Bertz CT molecular complexity index is 1100. The summed E-state index contributed by atoms with van der Waals surface area (Å²) < 4.78 is 41.1. The number of carbonyl (C=O) groups excluding carboxylic acids is 1. The molecule has 3 N–H and O–H groups in total. The van der Waals surface area contributed by atoms with Gasteiger partial charge in [-0.1, -0.05) is 17.7 Å². The van der Waals surface area contributed by atoms with Crippen molar-refractivity contribution in [1.82, 2.24) is 10.2 Å². The second-order valence-corrected chi connectivity index (χ2v) is 7.70. The van der Waals surface area contributed by atoms with E-state index in [9.17, 15) is 17.6 Å². The molecule has 2 aromatic carbocycles. The van der Waals surface area contributed by atoms with Crippen LogP contribution in [0.25, 0.3) is 0 Å². The average Bonchev–Trinajstić information content (AvgIpc) is 3.11. The Labute approximate surface area is 159 Å². The van der Waals surface area contributed by atoms with Crippen LogP contribution in [0.5, 0.6) is 0 Å². The smallest absolute Gasteiger partial charge is 0.279 e. The molecule has 0 spiro atoms. The van der Waals surface area contributed by atoms with Gasteiger partial charge in [0.15, 0.2) is 5.03 Å². The third kappa shape index (κ3) is 4.26. The highest BCUT2D eigenvalue weighted by Gasteiger charge is 2.25. The summed E-state index contributed by atoms with van der Waals surface area (Å²) in [6, 6.07) is 10.2. The molecule has 0 fully saturated rings. The third-order valence-electron chi connectivity index (χ3n) is 3.64. The number of hydrogen-bond acceptors (Lipinski definition) is 4. The molecule has 0 aliphatic heterocycles. The van der Waals surface area contributed by atoms with Gasteiger partial charge in [-0.15, -0.1) is 0 Å². The number of aromatic nitrogens is 2. The fourth-order valence-electron chi connectivity index (χ4n) is 2.23. The number of aryl methyl sites for hydroxylation is 1. The van der Waals surface area contributed by atoms with Gasteiger partial charge in [0.05, 0.1) is 11.8 Å². The Morgan fingerprint density at radius 1 is 1.15 bits per heavy atom. The van der Waals surface area contributed by atoms with Crippen molar-refractivity contribution in [2.45, 2.75) is 11.9 Å². The van der Waals surface area contributed by atoms with Crippen molar-refractivity contribution >= 4 is 38.9 Å². The van der Waals surface area contributed by atoms with Crippen LogP contribution >= 0.6 is 11.6 Å². The van der Waals surface area contributed by atoms with Crippen LogP contribution in [0.1, 0.15) is 15.9 Å². The SMILES string of the molecule is Cc1ccc(NC(=O)c2cn[nH]c2S(=O)(=O)Nc2ccc(Cl)cc2)cc1F. The van der Waals surface area contributed by atoms with Crippen LogP contribution in [0.15, 0.2) is 53.7 Å². The lowest BCUT2D eigenvalue weighted by Crippen LogP contribution is -2.19. The molecule has 1 heterocycles. The maximum atomic E-state index is 13.6. The second-order valence-electron chi connectivity index (χ2n) is 5.64. The lowest BCUT2D eigenvalue weighted by molar-refractivity contribution is 0.102. The van der Waals surface area contributed by atoms with Crippen LogP contribution in [-0.2, 0) is 10.0 Å². The number of halogens is 2. The molecule has 3 rings (SSSR count). The summed E-state index contributed by atoms with van der Waals surface area (Å²) in [6.07, 6.45) is 1.08. The number of rotatable bonds is 5. The highest BCUT2D eigenvalue weighted by Crippen LogP contribution is 2.21. The van der Waals surface area contributed by atoms with Crippen molar-refractivity contribution in [1.29, 1.82) is 0 Å². The van der Waals surface area contributed by atoms with Gasteiger partial charge in [-0.2, -0.15) is 13.5 Å². The first-order valence-corrected chi connectivity index (χ1v) is 9.51. The van der Waals surface area contributed by atoms with E-state index >= 15 is 0 Å². The van der Waals surface area contributed by atoms with Crippen molar-refractivity contribution in [3.8, 4) is 0 Å². The zero-order valence-corrected chi connectivity index (χ0v) is 15.5. The molecular weight excluding hydrogens is 395 g/mol. The lowest BCUT2D eigenvalue weighted by Gasteiger charge is -2.09. The fourth-order valence-corrected chi connectivity index (χ4v) is 3.52. The normalized spacial score (nSPS) is 11.2. The van der Waals surface area contributed by atoms with Crippen LogP contribution in [-0.4, -0.2) is 24.5 Å². The average molecular weight is 409 g/mol. The van der Waals surface area contributed by atoms with E-state index in [2.05, 4.69) is 20.2 Å². The van der Waals surface area contributed by atoms with E-state index in [-0.39, 0.29) is 16.9 Å². The van der Waals surface area contributed by atoms with Gasteiger partial charge < -0.3 is 5.32 Å². The monoisotopic (exact) mass is 408 g/mol. The molecule has 0 radical (unpaired) electrons. The Kier molecular flexibility index (Phi) is 5.15. The number of amides is 1. The van der Waals surface area contributed by atoms with Crippen LogP contribution in [0, 0.1) is 12.7 Å². The van der Waals surface area contributed by atoms with Crippen LogP contribution in [0.2, 0.25) is 5.02 Å². The molecular formula is C17H14ClFN4O3S. The van der Waals surface area contributed by atoms with Gasteiger partial charge in [-0.25, -0.2) is 4.39 Å². The zero-order valence-electron chi connectivity index (χ0n) is 14.0. The topological polar surface area (TPSA) is 104 Å². The largest absolute Gasteiger partial charge is 0.322 e. The molecule has 10 heteroatoms. The van der Waals surface area contributed by atoms with E-state index in [0.29, 0.717) is 10.6 Å². The van der Waals surface area contributed by atoms with E-state index in [0.717, 1.165) is 12.3 Å². The van der Waals surface area contributed by atoms with Gasteiger partial charge in [0.1, 0.15) is 5.82 Å². The van der Waals surface area contributed by atoms with E-state index in [1.807, 2.05) is 0 Å². The summed E-state index contributed by atoms with van der Waals surface area (Å²) in [5.74, 6) is -1.24. The molecule has 1 aromatic heterocycles. The Balaban J connectivity index is 1.84. The molecule has 7 nitrogen and oxygen atoms in total. The van der Waals surface area contributed by atoms with Gasteiger partial charge in [0.25, 0.3) is 15.9 Å². The van der Waals surface area contributed by atoms with Crippen molar-refractivity contribution < 1.29 is 17.6 Å². The number of anilines is 2. The first kappa shape index (κ1) is 18.9. The minimum absolute atomic E-state index is 0.193. The number of H-pyrrole nitrogens is 1. The Morgan fingerprint density at radius 2 is 1.81 bits per heavy atom. The quantitative estimate of drug-likeness (QED) is 0.600. The number of aromatic amines is 1. The van der Waals surface area contributed by atoms with E-state index in [4.69, 9.17) is 11.6 Å². The lowest BCUT2D eigenvalue weighted by atomic mass is 10.2. The van der Waals surface area contributed by atoms with Gasteiger partial charge >= 0.3 is 0 Å². The van der Waals surface area contributed by atoms with Crippen molar-refractivity contribution in [2.75, 3.05) is 10.0 Å². The molecule has 0 aliphatic rings. The minimum Gasteiger partial charge on any atom is -0.322 e. The van der Waals surface area contributed by atoms with Crippen LogP contribution in [0.4, 0.5) is 15.8 Å². The fraction of sp³-hybridized carbons (Fsp3) is 0.0588. The van der Waals surface area contributed by atoms with Crippen molar-refractivity contribution in [3.63, 3.8) is 0 Å². The number of nitrogens with zero attached hydrogens (tertiary/aromatic N) is 1. The van der Waals surface area contributed by atoms with Crippen molar-refractivity contribution in [3.05, 3.63) is 70.6 Å². The van der Waals surface area contributed by atoms with Crippen LogP contribution < -0.4 is 10.0 Å². The van der Waals surface area contributed by atoms with E-state index < -0.39 is 26.8 Å². The number of sulfonamides is 1. The highest BCUT2D eigenvalue weighted by atomic mass is 35.5. The molecule has 0 unspecified atom stereocenters. The predicted molar refractivity (Wildman–Crippen MR) is 99.9 cm³/mol. The van der Waals surface area contributed by atoms with Gasteiger partial charge in [0, 0.05) is 16.4 Å². The summed E-state index contributed by atoms with van der Waals surface area (Å²) in [5, 5.41) is 8.42. The summed E-state index contributed by atoms with van der Waals surface area (Å²) in [6.45, 7) is 1.59. The molecule has 3 aromatic rings.